The molecule has 3 rings (SSSR count). The molecule has 3 N–H and O–H groups in total. The van der Waals surface area contributed by atoms with E-state index in [0.717, 1.165) is 34.6 Å². The zero-order valence-corrected chi connectivity index (χ0v) is 10.5. The van der Waals surface area contributed by atoms with Crippen molar-refractivity contribution in [2.45, 2.75) is 6.42 Å². The Bertz CT molecular complexity index is 645. The maximum Gasteiger partial charge on any atom is 0.106 e. The summed E-state index contributed by atoms with van der Waals surface area (Å²) in [5.41, 5.74) is 10.4. The second-order valence-electron chi connectivity index (χ2n) is 3.98. The van der Waals surface area contributed by atoms with E-state index in [-0.39, 0.29) is 0 Å². The SMILES string of the molecule is Nc1c(NCCc2ccco2)ccc2scnc12. The first-order chi connectivity index (χ1) is 8.84. The van der Waals surface area contributed by atoms with Gasteiger partial charge in [-0.05, 0) is 24.3 Å². The molecule has 0 atom stereocenters. The molecule has 3 aromatic rings. The molecule has 0 unspecified atom stereocenters. The number of nitrogens with two attached hydrogens (primary N) is 1. The van der Waals surface area contributed by atoms with Crippen LogP contribution in [0.1, 0.15) is 5.76 Å². The van der Waals surface area contributed by atoms with Gasteiger partial charge in [0.1, 0.15) is 11.3 Å². The standard InChI is InChI=1S/C13H13N3OS/c14-12-10(3-4-11-13(12)16-8-18-11)15-6-5-9-2-1-7-17-9/h1-4,7-8,15H,5-6,14H2. The third-order valence-corrected chi connectivity index (χ3v) is 3.60. The zero-order valence-electron chi connectivity index (χ0n) is 9.72. The van der Waals surface area contributed by atoms with Crippen molar-refractivity contribution in [3.63, 3.8) is 0 Å². The van der Waals surface area contributed by atoms with Crippen LogP contribution in [0.4, 0.5) is 11.4 Å². The Balaban J connectivity index is 1.72. The number of anilines is 2. The third-order valence-electron chi connectivity index (χ3n) is 2.81. The molecular formula is C13H13N3OS. The lowest BCUT2D eigenvalue weighted by molar-refractivity contribution is 0.513. The highest BCUT2D eigenvalue weighted by Crippen LogP contribution is 2.29. The van der Waals surface area contributed by atoms with Gasteiger partial charge in [0, 0.05) is 13.0 Å². The summed E-state index contributed by atoms with van der Waals surface area (Å²) in [5, 5.41) is 3.31. The lowest BCUT2D eigenvalue weighted by atomic mass is 10.2. The van der Waals surface area contributed by atoms with Crippen molar-refractivity contribution >= 4 is 32.9 Å². The Morgan fingerprint density at radius 1 is 1.33 bits per heavy atom. The van der Waals surface area contributed by atoms with Gasteiger partial charge in [-0.1, -0.05) is 0 Å². The molecule has 2 heterocycles. The van der Waals surface area contributed by atoms with Crippen LogP contribution in [0.15, 0.2) is 40.5 Å². The molecule has 0 spiro atoms. The molecule has 0 aliphatic carbocycles. The predicted octanol–water partition coefficient (Wildman–Crippen LogP) is 3.13. The molecule has 2 aromatic heterocycles. The number of hydrogen-bond donors (Lipinski definition) is 2. The van der Waals surface area contributed by atoms with E-state index < -0.39 is 0 Å². The van der Waals surface area contributed by atoms with Crippen LogP contribution < -0.4 is 11.1 Å². The molecular weight excluding hydrogens is 246 g/mol. The van der Waals surface area contributed by atoms with Crippen LogP contribution in [0.3, 0.4) is 0 Å². The van der Waals surface area contributed by atoms with Crippen molar-refractivity contribution in [2.75, 3.05) is 17.6 Å². The average molecular weight is 259 g/mol. The summed E-state index contributed by atoms with van der Waals surface area (Å²) in [6.45, 7) is 0.785. The molecule has 0 amide bonds. The molecule has 1 aromatic carbocycles. The first-order valence-corrected chi connectivity index (χ1v) is 6.60. The van der Waals surface area contributed by atoms with Gasteiger partial charge in [0.15, 0.2) is 0 Å². The van der Waals surface area contributed by atoms with Crippen molar-refractivity contribution < 1.29 is 4.42 Å². The van der Waals surface area contributed by atoms with Gasteiger partial charge in [0.2, 0.25) is 0 Å². The van der Waals surface area contributed by atoms with Gasteiger partial charge < -0.3 is 15.5 Å². The van der Waals surface area contributed by atoms with Crippen molar-refractivity contribution in [3.05, 3.63) is 41.8 Å². The molecule has 0 radical (unpaired) electrons. The summed E-state index contributed by atoms with van der Waals surface area (Å²) in [5.74, 6) is 0.968. The molecule has 4 nitrogen and oxygen atoms in total. The maximum absolute atomic E-state index is 6.08. The minimum Gasteiger partial charge on any atom is -0.469 e. The minimum absolute atomic E-state index is 0.716. The van der Waals surface area contributed by atoms with Gasteiger partial charge in [-0.15, -0.1) is 11.3 Å². The van der Waals surface area contributed by atoms with Crippen LogP contribution >= 0.6 is 11.3 Å². The van der Waals surface area contributed by atoms with Gasteiger partial charge in [-0.2, -0.15) is 0 Å². The van der Waals surface area contributed by atoms with Gasteiger partial charge in [-0.3, -0.25) is 0 Å². The fraction of sp³-hybridized carbons (Fsp3) is 0.154. The topological polar surface area (TPSA) is 64.1 Å². The molecule has 5 heteroatoms. The van der Waals surface area contributed by atoms with E-state index in [1.54, 1.807) is 17.6 Å². The summed E-state index contributed by atoms with van der Waals surface area (Å²) in [6, 6.07) is 7.90. The summed E-state index contributed by atoms with van der Waals surface area (Å²) in [7, 11) is 0. The van der Waals surface area contributed by atoms with Crippen LogP contribution in [0.2, 0.25) is 0 Å². The highest BCUT2D eigenvalue weighted by molar-refractivity contribution is 7.16. The number of aromatic nitrogens is 1. The fourth-order valence-electron chi connectivity index (χ4n) is 1.88. The summed E-state index contributed by atoms with van der Waals surface area (Å²) >= 11 is 1.60. The smallest absolute Gasteiger partial charge is 0.106 e. The maximum atomic E-state index is 6.08. The Labute approximate surface area is 108 Å². The van der Waals surface area contributed by atoms with E-state index in [1.165, 1.54) is 0 Å². The second kappa shape index (κ2) is 4.70. The Morgan fingerprint density at radius 2 is 2.28 bits per heavy atom. The fourth-order valence-corrected chi connectivity index (χ4v) is 2.57. The van der Waals surface area contributed by atoms with Crippen molar-refractivity contribution in [1.29, 1.82) is 0 Å². The number of nitrogens with zero attached hydrogens (tertiary/aromatic N) is 1. The monoisotopic (exact) mass is 259 g/mol. The number of rotatable bonds is 4. The molecule has 0 saturated carbocycles. The first-order valence-electron chi connectivity index (χ1n) is 5.72. The van der Waals surface area contributed by atoms with Crippen LogP contribution in [-0.4, -0.2) is 11.5 Å². The molecule has 18 heavy (non-hydrogen) atoms. The lowest BCUT2D eigenvalue weighted by Gasteiger charge is -2.08. The van der Waals surface area contributed by atoms with Gasteiger partial charge in [0.25, 0.3) is 0 Å². The minimum atomic E-state index is 0.716. The Kier molecular flexibility index (Phi) is 2.90. The highest BCUT2D eigenvalue weighted by Gasteiger charge is 2.06. The number of nitrogen functional groups attached to an aromatic ring is 1. The summed E-state index contributed by atoms with van der Waals surface area (Å²) < 4.78 is 6.39. The Hall–Kier alpha value is -2.01. The molecule has 92 valence electrons. The van der Waals surface area contributed by atoms with Gasteiger partial charge in [0.05, 0.1) is 27.8 Å². The van der Waals surface area contributed by atoms with Crippen molar-refractivity contribution in [3.8, 4) is 0 Å². The van der Waals surface area contributed by atoms with E-state index in [9.17, 15) is 0 Å². The zero-order chi connectivity index (χ0) is 12.4. The Morgan fingerprint density at radius 3 is 3.11 bits per heavy atom. The van der Waals surface area contributed by atoms with Crippen LogP contribution in [0.25, 0.3) is 10.2 Å². The number of furan rings is 1. The largest absolute Gasteiger partial charge is 0.469 e. The highest BCUT2D eigenvalue weighted by atomic mass is 32.1. The molecule has 0 aliphatic heterocycles. The van der Waals surface area contributed by atoms with E-state index in [0.29, 0.717) is 5.69 Å². The summed E-state index contributed by atoms with van der Waals surface area (Å²) in [6.07, 6.45) is 2.52. The van der Waals surface area contributed by atoms with Crippen LogP contribution in [-0.2, 0) is 6.42 Å². The second-order valence-corrected chi connectivity index (χ2v) is 4.87. The number of hydrogen-bond acceptors (Lipinski definition) is 5. The number of benzene rings is 1. The quantitative estimate of drug-likeness (QED) is 0.706. The van der Waals surface area contributed by atoms with Gasteiger partial charge >= 0.3 is 0 Å². The van der Waals surface area contributed by atoms with E-state index in [4.69, 9.17) is 10.2 Å². The molecule has 0 saturated heterocycles. The number of nitrogens with one attached hydrogen (secondary N) is 1. The summed E-state index contributed by atoms with van der Waals surface area (Å²) in [4.78, 5) is 4.27. The average Bonchev–Trinajstić information content (AvgIpc) is 3.02. The molecule has 0 bridgehead atoms. The van der Waals surface area contributed by atoms with E-state index in [2.05, 4.69) is 10.3 Å². The third kappa shape index (κ3) is 2.04. The van der Waals surface area contributed by atoms with Crippen LogP contribution in [0.5, 0.6) is 0 Å². The van der Waals surface area contributed by atoms with Crippen LogP contribution in [0, 0.1) is 0 Å². The van der Waals surface area contributed by atoms with E-state index in [1.807, 2.05) is 29.8 Å². The van der Waals surface area contributed by atoms with Gasteiger partial charge in [-0.25, -0.2) is 4.98 Å². The lowest BCUT2D eigenvalue weighted by Crippen LogP contribution is -2.06. The predicted molar refractivity (Wildman–Crippen MR) is 74.9 cm³/mol. The first kappa shape index (κ1) is 11.1. The molecule has 0 fully saturated rings. The van der Waals surface area contributed by atoms with Crippen molar-refractivity contribution in [2.24, 2.45) is 0 Å². The number of thiazole rings is 1. The van der Waals surface area contributed by atoms with Crippen molar-refractivity contribution in [1.82, 2.24) is 4.98 Å². The molecule has 0 aliphatic rings. The normalized spacial score (nSPS) is 10.9. The van der Waals surface area contributed by atoms with E-state index >= 15 is 0 Å². The number of fused-ring (bicyclic) bond motifs is 1.